The smallest absolute Gasteiger partial charge is 0.264 e. The lowest BCUT2D eigenvalue weighted by Crippen LogP contribution is -2.35. The fraction of sp³-hybridized carbons (Fsp3) is 0.235. The number of para-hydroxylation sites is 1. The summed E-state index contributed by atoms with van der Waals surface area (Å²) in [5, 5.41) is 0. The largest absolute Gasteiger partial charge is 0.441 e. The van der Waals surface area contributed by atoms with Gasteiger partial charge in [-0.15, -0.1) is 0 Å². The molecule has 0 spiro atoms. The van der Waals surface area contributed by atoms with Gasteiger partial charge >= 0.3 is 0 Å². The maximum absolute atomic E-state index is 13.1. The van der Waals surface area contributed by atoms with Gasteiger partial charge in [0.1, 0.15) is 5.52 Å². The predicted molar refractivity (Wildman–Crippen MR) is 88.0 cm³/mol. The summed E-state index contributed by atoms with van der Waals surface area (Å²) < 4.78 is 33.1. The monoisotopic (exact) mass is 328 g/mol. The van der Waals surface area contributed by atoms with Gasteiger partial charge in [0.15, 0.2) is 11.5 Å². The molecule has 1 aliphatic rings. The first kappa shape index (κ1) is 14.3. The molecule has 0 fully saturated rings. The van der Waals surface area contributed by atoms with Crippen LogP contribution in [-0.4, -0.2) is 19.9 Å². The van der Waals surface area contributed by atoms with E-state index >= 15 is 0 Å². The molecule has 0 saturated heterocycles. The van der Waals surface area contributed by atoms with Crippen LogP contribution in [-0.2, 0) is 16.4 Å². The highest BCUT2D eigenvalue weighted by Crippen LogP contribution is 2.32. The maximum atomic E-state index is 13.1. The standard InChI is InChI=1S/C17H16N2O3S/c1-12-18-15-11-14(8-9-17(15)22-12)23(20,21)19-10-4-6-13-5-2-3-7-16(13)19/h2-3,5,7-9,11H,4,6,10H2,1H3. The van der Waals surface area contributed by atoms with Crippen LogP contribution in [0.15, 0.2) is 51.8 Å². The highest BCUT2D eigenvalue weighted by atomic mass is 32.2. The highest BCUT2D eigenvalue weighted by molar-refractivity contribution is 7.92. The first-order valence-corrected chi connectivity index (χ1v) is 8.97. The van der Waals surface area contributed by atoms with Gasteiger partial charge < -0.3 is 4.42 Å². The minimum Gasteiger partial charge on any atom is -0.441 e. The Morgan fingerprint density at radius 2 is 2.00 bits per heavy atom. The van der Waals surface area contributed by atoms with Crippen molar-refractivity contribution in [1.82, 2.24) is 4.98 Å². The molecule has 1 aromatic heterocycles. The zero-order valence-corrected chi connectivity index (χ0v) is 13.5. The van der Waals surface area contributed by atoms with E-state index in [4.69, 9.17) is 4.42 Å². The topological polar surface area (TPSA) is 63.4 Å². The van der Waals surface area contributed by atoms with Crippen LogP contribution in [0.3, 0.4) is 0 Å². The van der Waals surface area contributed by atoms with Gasteiger partial charge in [0.05, 0.1) is 10.6 Å². The van der Waals surface area contributed by atoms with Gasteiger partial charge in [0.2, 0.25) is 0 Å². The molecule has 118 valence electrons. The lowest BCUT2D eigenvalue weighted by atomic mass is 10.0. The normalized spacial score (nSPS) is 14.9. The lowest BCUT2D eigenvalue weighted by Gasteiger charge is -2.30. The Hall–Kier alpha value is -2.34. The molecule has 0 bridgehead atoms. The minimum atomic E-state index is -3.61. The van der Waals surface area contributed by atoms with Crippen LogP contribution in [0, 0.1) is 6.92 Å². The van der Waals surface area contributed by atoms with Crippen molar-refractivity contribution >= 4 is 26.8 Å². The zero-order chi connectivity index (χ0) is 16.0. The molecule has 0 radical (unpaired) electrons. The molecule has 2 heterocycles. The highest BCUT2D eigenvalue weighted by Gasteiger charge is 2.29. The summed E-state index contributed by atoms with van der Waals surface area (Å²) in [6, 6.07) is 12.5. The number of aromatic nitrogens is 1. The number of hydrogen-bond donors (Lipinski definition) is 0. The van der Waals surface area contributed by atoms with Crippen molar-refractivity contribution in [3.05, 3.63) is 53.9 Å². The molecule has 0 amide bonds. The third-order valence-corrected chi connectivity index (χ3v) is 5.93. The molecule has 5 nitrogen and oxygen atoms in total. The summed E-state index contributed by atoms with van der Waals surface area (Å²) in [7, 11) is -3.61. The van der Waals surface area contributed by atoms with E-state index in [1.165, 1.54) is 4.31 Å². The summed E-state index contributed by atoms with van der Waals surface area (Å²) >= 11 is 0. The molecular weight excluding hydrogens is 312 g/mol. The second kappa shape index (κ2) is 5.09. The first-order valence-electron chi connectivity index (χ1n) is 7.53. The number of rotatable bonds is 2. The van der Waals surface area contributed by atoms with Gasteiger partial charge in [-0.1, -0.05) is 18.2 Å². The van der Waals surface area contributed by atoms with E-state index in [0.29, 0.717) is 23.5 Å². The van der Waals surface area contributed by atoms with Gasteiger partial charge in [-0.05, 0) is 42.7 Å². The van der Waals surface area contributed by atoms with Crippen molar-refractivity contribution in [2.45, 2.75) is 24.7 Å². The summed E-state index contributed by atoms with van der Waals surface area (Å²) in [5.74, 6) is 0.526. The molecule has 0 aliphatic carbocycles. The maximum Gasteiger partial charge on any atom is 0.264 e. The number of oxazole rings is 1. The number of sulfonamides is 1. The number of benzene rings is 2. The van der Waals surface area contributed by atoms with Crippen molar-refractivity contribution in [1.29, 1.82) is 0 Å². The summed E-state index contributed by atoms with van der Waals surface area (Å²) in [6.07, 6.45) is 1.73. The Balaban J connectivity index is 1.83. The summed E-state index contributed by atoms with van der Waals surface area (Å²) in [6.45, 7) is 2.24. The number of nitrogens with zero attached hydrogens (tertiary/aromatic N) is 2. The molecule has 6 heteroatoms. The Labute approximate surface area is 134 Å². The lowest BCUT2D eigenvalue weighted by molar-refractivity contribution is 0.561. The molecular formula is C17H16N2O3S. The van der Waals surface area contributed by atoms with Crippen molar-refractivity contribution in [3.63, 3.8) is 0 Å². The van der Waals surface area contributed by atoms with E-state index < -0.39 is 10.0 Å². The summed E-state index contributed by atoms with van der Waals surface area (Å²) in [4.78, 5) is 4.47. The van der Waals surface area contributed by atoms with Crippen LogP contribution >= 0.6 is 0 Å². The predicted octanol–water partition coefficient (Wildman–Crippen LogP) is 3.28. The third kappa shape index (κ3) is 2.30. The number of anilines is 1. The van der Waals surface area contributed by atoms with Gasteiger partial charge in [-0.2, -0.15) is 0 Å². The van der Waals surface area contributed by atoms with E-state index in [1.807, 2.05) is 24.3 Å². The molecule has 0 atom stereocenters. The van der Waals surface area contributed by atoms with Gasteiger partial charge in [0, 0.05) is 13.5 Å². The zero-order valence-electron chi connectivity index (χ0n) is 12.7. The quantitative estimate of drug-likeness (QED) is 0.724. The van der Waals surface area contributed by atoms with E-state index in [9.17, 15) is 8.42 Å². The van der Waals surface area contributed by atoms with E-state index in [1.54, 1.807) is 25.1 Å². The fourth-order valence-electron chi connectivity index (χ4n) is 3.06. The Morgan fingerprint density at radius 3 is 2.87 bits per heavy atom. The van der Waals surface area contributed by atoms with Gasteiger partial charge in [-0.25, -0.2) is 13.4 Å². The second-order valence-electron chi connectivity index (χ2n) is 5.67. The van der Waals surface area contributed by atoms with E-state index in [2.05, 4.69) is 4.98 Å². The van der Waals surface area contributed by atoms with Crippen LogP contribution in [0.25, 0.3) is 11.1 Å². The Bertz CT molecular complexity index is 992. The first-order chi connectivity index (χ1) is 11.1. The molecule has 0 saturated carbocycles. The van der Waals surface area contributed by atoms with E-state index in [-0.39, 0.29) is 4.90 Å². The van der Waals surface area contributed by atoms with Crippen LogP contribution < -0.4 is 4.31 Å². The van der Waals surface area contributed by atoms with Crippen LogP contribution in [0.2, 0.25) is 0 Å². The molecule has 0 N–H and O–H groups in total. The molecule has 23 heavy (non-hydrogen) atoms. The minimum absolute atomic E-state index is 0.245. The third-order valence-electron chi connectivity index (χ3n) is 4.12. The molecule has 4 rings (SSSR count). The molecule has 3 aromatic rings. The Kier molecular flexibility index (Phi) is 3.16. The van der Waals surface area contributed by atoms with Crippen molar-refractivity contribution in [2.24, 2.45) is 0 Å². The Morgan fingerprint density at radius 1 is 1.17 bits per heavy atom. The molecule has 2 aromatic carbocycles. The summed E-state index contributed by atoms with van der Waals surface area (Å²) in [5.41, 5.74) is 3.00. The van der Waals surface area contributed by atoms with Crippen molar-refractivity contribution in [2.75, 3.05) is 10.8 Å². The average Bonchev–Trinajstić information content (AvgIpc) is 2.93. The van der Waals surface area contributed by atoms with Gasteiger partial charge in [-0.3, -0.25) is 4.31 Å². The SMILES string of the molecule is Cc1nc2cc(S(=O)(=O)N3CCCc4ccccc43)ccc2o1. The van der Waals surface area contributed by atoms with Crippen molar-refractivity contribution in [3.8, 4) is 0 Å². The fourth-order valence-corrected chi connectivity index (χ4v) is 4.62. The van der Waals surface area contributed by atoms with Crippen LogP contribution in [0.1, 0.15) is 17.9 Å². The number of aryl methyl sites for hydroxylation is 2. The number of fused-ring (bicyclic) bond motifs is 2. The van der Waals surface area contributed by atoms with Crippen LogP contribution in [0.4, 0.5) is 5.69 Å². The average molecular weight is 328 g/mol. The van der Waals surface area contributed by atoms with Crippen molar-refractivity contribution < 1.29 is 12.8 Å². The molecule has 1 aliphatic heterocycles. The second-order valence-corrected chi connectivity index (χ2v) is 7.53. The number of hydrogen-bond acceptors (Lipinski definition) is 4. The molecule has 0 unspecified atom stereocenters. The van der Waals surface area contributed by atoms with Gasteiger partial charge in [0.25, 0.3) is 10.0 Å². The van der Waals surface area contributed by atoms with E-state index in [0.717, 1.165) is 24.1 Å². The van der Waals surface area contributed by atoms with Crippen LogP contribution in [0.5, 0.6) is 0 Å².